The lowest BCUT2D eigenvalue weighted by Gasteiger charge is -2.27. The summed E-state index contributed by atoms with van der Waals surface area (Å²) in [7, 11) is 0. The predicted molar refractivity (Wildman–Crippen MR) is 151 cm³/mol. The number of nitrogens with two attached hydrogens (primary N) is 2. The number of nitrogens with one attached hydrogen (secondary N) is 1. The van der Waals surface area contributed by atoms with Crippen LogP contribution in [0.25, 0.3) is 0 Å². The summed E-state index contributed by atoms with van der Waals surface area (Å²) in [6.45, 7) is 7.61. The van der Waals surface area contributed by atoms with Gasteiger partial charge in [0.15, 0.2) is 0 Å². The van der Waals surface area contributed by atoms with E-state index in [-0.39, 0.29) is 5.91 Å². The standard InChI is InChI=1S/C14H23N3S.C13H17Cl2NO/c15-8-6-13(17-9-7-12(16)10-17)11-18-14-4-2-1-3-5-14;1-9(2)3-6-13(17)16-8-10-4-5-11(14)12(15)7-10/h1-5,12-13H,6-11,15-16H2;4-5,7,9H,3,6,8H2,1-2H3,(H,16,17). The predicted octanol–water partition coefficient (Wildman–Crippen LogP) is 5.57. The van der Waals surface area contributed by atoms with Gasteiger partial charge in [0.1, 0.15) is 0 Å². The molecule has 1 aliphatic rings. The highest BCUT2D eigenvalue weighted by molar-refractivity contribution is 7.99. The third-order valence-electron chi connectivity index (χ3n) is 5.88. The largest absolute Gasteiger partial charge is 0.352 e. The van der Waals surface area contributed by atoms with Gasteiger partial charge in [-0.2, -0.15) is 0 Å². The van der Waals surface area contributed by atoms with Crippen LogP contribution in [-0.4, -0.2) is 48.3 Å². The molecule has 5 N–H and O–H groups in total. The van der Waals surface area contributed by atoms with Crippen molar-refractivity contribution in [2.24, 2.45) is 17.4 Å². The molecule has 1 aliphatic heterocycles. The molecule has 0 spiro atoms. The lowest BCUT2D eigenvalue weighted by Crippen LogP contribution is -2.38. The zero-order valence-electron chi connectivity index (χ0n) is 20.9. The minimum Gasteiger partial charge on any atom is -0.352 e. The highest BCUT2D eigenvalue weighted by atomic mass is 35.5. The molecular formula is C27H40Cl2N4OS. The fourth-order valence-electron chi connectivity index (χ4n) is 3.78. The average Bonchev–Trinajstić information content (AvgIpc) is 3.28. The van der Waals surface area contributed by atoms with Gasteiger partial charge in [-0.3, -0.25) is 9.69 Å². The second-order valence-corrected chi connectivity index (χ2v) is 11.3. The molecule has 2 aromatic carbocycles. The number of nitrogens with zero attached hydrogens (tertiary/aromatic N) is 1. The van der Waals surface area contributed by atoms with Crippen molar-refractivity contribution >= 4 is 40.9 Å². The number of thioether (sulfide) groups is 1. The first kappa shape index (κ1) is 29.9. The molecular weight excluding hydrogens is 499 g/mol. The van der Waals surface area contributed by atoms with Crippen molar-refractivity contribution in [3.05, 3.63) is 64.1 Å². The van der Waals surface area contributed by atoms with E-state index in [1.54, 1.807) is 12.1 Å². The van der Waals surface area contributed by atoms with Crippen LogP contribution < -0.4 is 16.8 Å². The lowest BCUT2D eigenvalue weighted by molar-refractivity contribution is -0.121. The van der Waals surface area contributed by atoms with E-state index >= 15 is 0 Å². The maximum atomic E-state index is 11.5. The van der Waals surface area contributed by atoms with Crippen LogP contribution >= 0.6 is 35.0 Å². The molecule has 2 aromatic rings. The highest BCUT2D eigenvalue weighted by Crippen LogP contribution is 2.24. The van der Waals surface area contributed by atoms with Crippen molar-refractivity contribution in [2.45, 2.75) is 63.1 Å². The minimum atomic E-state index is 0.0739. The molecule has 1 fully saturated rings. The van der Waals surface area contributed by atoms with E-state index < -0.39 is 0 Å². The molecule has 0 aromatic heterocycles. The Morgan fingerprint density at radius 1 is 1.14 bits per heavy atom. The van der Waals surface area contributed by atoms with Gasteiger partial charge in [-0.05, 0) is 61.6 Å². The average molecular weight is 540 g/mol. The monoisotopic (exact) mass is 538 g/mol. The molecule has 3 rings (SSSR count). The van der Waals surface area contributed by atoms with Crippen LogP contribution in [0, 0.1) is 5.92 Å². The molecule has 0 radical (unpaired) electrons. The minimum absolute atomic E-state index is 0.0739. The van der Waals surface area contributed by atoms with Crippen molar-refractivity contribution in [2.75, 3.05) is 25.4 Å². The number of hydrogen-bond acceptors (Lipinski definition) is 5. The SMILES string of the molecule is CC(C)CCC(=O)NCc1ccc(Cl)c(Cl)c1.NCCC(CSc1ccccc1)N1CCC(N)C1. The van der Waals surface area contributed by atoms with Crippen LogP contribution in [-0.2, 0) is 11.3 Å². The molecule has 194 valence electrons. The second-order valence-electron chi connectivity index (χ2n) is 9.36. The lowest BCUT2D eigenvalue weighted by atomic mass is 10.1. The van der Waals surface area contributed by atoms with Gasteiger partial charge in [0.25, 0.3) is 0 Å². The number of rotatable bonds is 11. The van der Waals surface area contributed by atoms with Crippen LogP contribution in [0.4, 0.5) is 0 Å². The summed E-state index contributed by atoms with van der Waals surface area (Å²) in [5, 5.41) is 3.90. The van der Waals surface area contributed by atoms with Gasteiger partial charge >= 0.3 is 0 Å². The smallest absolute Gasteiger partial charge is 0.220 e. The van der Waals surface area contributed by atoms with Crippen molar-refractivity contribution in [3.63, 3.8) is 0 Å². The van der Waals surface area contributed by atoms with Crippen molar-refractivity contribution < 1.29 is 4.79 Å². The van der Waals surface area contributed by atoms with E-state index in [0.717, 1.165) is 50.2 Å². The van der Waals surface area contributed by atoms with Gasteiger partial charge in [0.05, 0.1) is 10.0 Å². The second kappa shape index (κ2) is 16.5. The van der Waals surface area contributed by atoms with Gasteiger partial charge in [0, 0.05) is 48.8 Å². The Kier molecular flexibility index (Phi) is 14.1. The van der Waals surface area contributed by atoms with Crippen LogP contribution in [0.15, 0.2) is 53.4 Å². The number of halogens is 2. The van der Waals surface area contributed by atoms with E-state index in [9.17, 15) is 4.79 Å². The molecule has 35 heavy (non-hydrogen) atoms. The number of carbonyl (C=O) groups excluding carboxylic acids is 1. The van der Waals surface area contributed by atoms with E-state index in [1.165, 1.54) is 4.90 Å². The zero-order chi connectivity index (χ0) is 25.6. The number of carbonyl (C=O) groups is 1. The summed E-state index contributed by atoms with van der Waals surface area (Å²) in [5.41, 5.74) is 12.7. The molecule has 1 heterocycles. The fourth-order valence-corrected chi connectivity index (χ4v) is 5.21. The van der Waals surface area contributed by atoms with Crippen molar-refractivity contribution in [1.29, 1.82) is 0 Å². The quantitative estimate of drug-likeness (QED) is 0.325. The number of benzene rings is 2. The third kappa shape index (κ3) is 12.0. The van der Waals surface area contributed by atoms with Gasteiger partial charge in [-0.25, -0.2) is 0 Å². The Morgan fingerprint density at radius 3 is 2.49 bits per heavy atom. The molecule has 0 bridgehead atoms. The normalized spacial score (nSPS) is 16.6. The van der Waals surface area contributed by atoms with Crippen LogP contribution in [0.1, 0.15) is 45.1 Å². The zero-order valence-corrected chi connectivity index (χ0v) is 23.2. The van der Waals surface area contributed by atoms with Crippen LogP contribution in [0.5, 0.6) is 0 Å². The van der Waals surface area contributed by atoms with Gasteiger partial charge in [-0.1, -0.05) is 61.3 Å². The third-order valence-corrected chi connectivity index (χ3v) is 7.78. The molecule has 5 nitrogen and oxygen atoms in total. The first-order chi connectivity index (χ1) is 16.8. The Balaban J connectivity index is 0.000000247. The molecule has 1 saturated heterocycles. The van der Waals surface area contributed by atoms with Crippen molar-refractivity contribution in [3.8, 4) is 0 Å². The molecule has 2 atom stereocenters. The molecule has 0 aliphatic carbocycles. The summed E-state index contributed by atoms with van der Waals surface area (Å²) >= 11 is 13.6. The maximum Gasteiger partial charge on any atom is 0.220 e. The number of hydrogen-bond donors (Lipinski definition) is 3. The molecule has 8 heteroatoms. The van der Waals surface area contributed by atoms with Gasteiger partial charge in [-0.15, -0.1) is 11.8 Å². The van der Waals surface area contributed by atoms with E-state index in [0.29, 0.717) is 41.0 Å². The summed E-state index contributed by atoms with van der Waals surface area (Å²) in [5.74, 6) is 1.73. The summed E-state index contributed by atoms with van der Waals surface area (Å²) < 4.78 is 0. The van der Waals surface area contributed by atoms with E-state index in [4.69, 9.17) is 34.7 Å². The van der Waals surface area contributed by atoms with Crippen LogP contribution in [0.2, 0.25) is 10.0 Å². The molecule has 0 saturated carbocycles. The summed E-state index contributed by atoms with van der Waals surface area (Å²) in [4.78, 5) is 15.3. The Morgan fingerprint density at radius 2 is 1.89 bits per heavy atom. The van der Waals surface area contributed by atoms with Crippen LogP contribution in [0.3, 0.4) is 0 Å². The molecule has 2 unspecified atom stereocenters. The Labute approximate surface area is 225 Å². The Hall–Kier alpha value is -1.28. The van der Waals surface area contributed by atoms with Gasteiger partial charge < -0.3 is 16.8 Å². The fraction of sp³-hybridized carbons (Fsp3) is 0.519. The van der Waals surface area contributed by atoms with E-state index in [2.05, 4.69) is 54.4 Å². The topological polar surface area (TPSA) is 84.4 Å². The first-order valence-corrected chi connectivity index (χ1v) is 14.1. The molecule has 1 amide bonds. The summed E-state index contributed by atoms with van der Waals surface area (Å²) in [6, 6.07) is 16.8. The van der Waals surface area contributed by atoms with Crippen molar-refractivity contribution in [1.82, 2.24) is 10.2 Å². The summed E-state index contributed by atoms with van der Waals surface area (Å²) in [6.07, 6.45) is 3.66. The Bertz CT molecular complexity index is 885. The maximum absolute atomic E-state index is 11.5. The highest BCUT2D eigenvalue weighted by Gasteiger charge is 2.25. The number of amides is 1. The number of likely N-dealkylation sites (tertiary alicyclic amines) is 1. The van der Waals surface area contributed by atoms with Gasteiger partial charge in [0.2, 0.25) is 5.91 Å². The first-order valence-electron chi connectivity index (χ1n) is 12.4. The van der Waals surface area contributed by atoms with E-state index in [1.807, 2.05) is 17.8 Å².